The molecule has 0 radical (unpaired) electrons. The lowest BCUT2D eigenvalue weighted by molar-refractivity contribution is -0.141. The molecule has 0 aliphatic carbocycles. The first-order valence-electron chi connectivity index (χ1n) is 12.4. The number of unbranched alkanes of at least 4 members (excludes halogenated alkanes) is 2. The van der Waals surface area contributed by atoms with Crippen molar-refractivity contribution in [3.05, 3.63) is 71.8 Å². The first-order chi connectivity index (χ1) is 16.2. The van der Waals surface area contributed by atoms with Gasteiger partial charge in [0.1, 0.15) is 0 Å². The molecule has 1 unspecified atom stereocenters. The zero-order chi connectivity index (χ0) is 24.2. The molecule has 0 aliphatic rings. The average Bonchev–Trinajstić information content (AvgIpc) is 2.85. The summed E-state index contributed by atoms with van der Waals surface area (Å²) in [5, 5.41) is 9.38. The van der Waals surface area contributed by atoms with E-state index in [0.717, 1.165) is 38.5 Å². The number of nitriles is 1. The van der Waals surface area contributed by atoms with Gasteiger partial charge in [-0.2, -0.15) is 0 Å². The van der Waals surface area contributed by atoms with E-state index in [1.807, 2.05) is 45.0 Å². The molecule has 0 saturated carbocycles. The molecule has 33 heavy (non-hydrogen) atoms. The lowest BCUT2D eigenvalue weighted by Gasteiger charge is -2.14. The molecular weight excluding hydrogens is 409 g/mol. The van der Waals surface area contributed by atoms with E-state index < -0.39 is 0 Å². The van der Waals surface area contributed by atoms with Crippen molar-refractivity contribution in [1.82, 2.24) is 0 Å². The zero-order valence-electron chi connectivity index (χ0n) is 20.7. The predicted molar refractivity (Wildman–Crippen MR) is 137 cm³/mol. The van der Waals surface area contributed by atoms with Crippen molar-refractivity contribution in [3.8, 4) is 5.97 Å². The van der Waals surface area contributed by atoms with E-state index >= 15 is 0 Å². The van der Waals surface area contributed by atoms with Crippen LogP contribution in [0, 0.1) is 11.2 Å². The third-order valence-electron chi connectivity index (χ3n) is 5.28. The summed E-state index contributed by atoms with van der Waals surface area (Å²) >= 11 is 0. The van der Waals surface area contributed by atoms with E-state index in [0.29, 0.717) is 19.5 Å². The fourth-order valence-corrected chi connectivity index (χ4v) is 3.53. The third kappa shape index (κ3) is 14.2. The Morgan fingerprint density at radius 3 is 1.91 bits per heavy atom. The van der Waals surface area contributed by atoms with Crippen LogP contribution in [0.1, 0.15) is 57.6 Å². The molecule has 0 aliphatic heterocycles. The van der Waals surface area contributed by atoms with E-state index in [9.17, 15) is 10.1 Å². The van der Waals surface area contributed by atoms with Crippen molar-refractivity contribution >= 4 is 12.7 Å². The highest BCUT2D eigenvalue weighted by molar-refractivity contribution is 6.69. The predicted octanol–water partition coefficient (Wildman–Crippen LogP) is 6.56. The molecule has 0 amide bonds. The van der Waals surface area contributed by atoms with Crippen LogP contribution < -0.4 is 0 Å². The Labute approximate surface area is 201 Å². The Kier molecular flexibility index (Phi) is 16.3. The highest BCUT2D eigenvalue weighted by Crippen LogP contribution is 2.11. The van der Waals surface area contributed by atoms with Gasteiger partial charge in [-0.05, 0) is 62.9 Å². The molecule has 0 saturated heterocycles. The first kappa shape index (κ1) is 28.5. The van der Waals surface area contributed by atoms with Crippen molar-refractivity contribution < 1.29 is 14.3 Å². The Morgan fingerprint density at radius 1 is 0.879 bits per heavy atom. The molecule has 2 rings (SSSR count). The van der Waals surface area contributed by atoms with E-state index in [1.165, 1.54) is 11.1 Å². The zero-order valence-corrected chi connectivity index (χ0v) is 20.7. The molecule has 2 aromatic carbocycles. The maximum absolute atomic E-state index is 12.0. The quantitative estimate of drug-likeness (QED) is 0.175. The van der Waals surface area contributed by atoms with Crippen molar-refractivity contribution in [1.29, 1.82) is 5.26 Å². The van der Waals surface area contributed by atoms with Crippen LogP contribution in [0.4, 0.5) is 0 Å². The van der Waals surface area contributed by atoms with Crippen LogP contribution in [0.3, 0.4) is 0 Å². The maximum atomic E-state index is 12.0. The molecule has 5 heteroatoms. The fourth-order valence-electron chi connectivity index (χ4n) is 3.53. The van der Waals surface area contributed by atoms with Gasteiger partial charge < -0.3 is 9.47 Å². The Morgan fingerprint density at radius 2 is 1.39 bits per heavy atom. The summed E-state index contributed by atoms with van der Waals surface area (Å²) in [5.74, 6) is 1.94. The second-order valence-corrected chi connectivity index (χ2v) is 8.05. The third-order valence-corrected chi connectivity index (χ3v) is 5.28. The van der Waals surface area contributed by atoms with Gasteiger partial charge >= 0.3 is 0 Å². The number of ether oxygens (including phenoxy) is 2. The second kappa shape index (κ2) is 18.9. The number of hydrogen-bond donors (Lipinski definition) is 0. The van der Waals surface area contributed by atoms with Gasteiger partial charge in [0.2, 0.25) is 0 Å². The summed E-state index contributed by atoms with van der Waals surface area (Å²) in [7, 11) is 0. The molecule has 0 heterocycles. The number of esters is 1. The normalized spacial score (nSPS) is 11.0. The van der Waals surface area contributed by atoms with Crippen LogP contribution in [-0.4, -0.2) is 32.0 Å². The molecule has 0 bridgehead atoms. The number of benzene rings is 2. The number of rotatable bonds is 15. The molecule has 0 N–H and O–H groups in total. The summed E-state index contributed by atoms with van der Waals surface area (Å²) in [6.45, 7) is 6.70. The smallest absolute Gasteiger partial charge is 0.299 e. The molecule has 0 aromatic heterocycles. The molecular formula is C28H40BNO3. The molecule has 1 atom stereocenters. The monoisotopic (exact) mass is 449 g/mol. The minimum absolute atomic E-state index is 0.0416. The summed E-state index contributed by atoms with van der Waals surface area (Å²) in [4.78, 5) is 12.0. The number of carbonyl (C=O) groups is 1. The Balaban J connectivity index is 0.00000265. The number of carbonyl (C=O) groups excluding carboxylic acids is 1. The Bertz CT molecular complexity index is 777. The maximum Gasteiger partial charge on any atom is 0.299 e. The summed E-state index contributed by atoms with van der Waals surface area (Å²) in [6.07, 6.45) is 6.57. The summed E-state index contributed by atoms with van der Waals surface area (Å²) in [6, 6.07) is 20.7. The molecule has 0 fully saturated rings. The van der Waals surface area contributed by atoms with Crippen LogP contribution >= 0.6 is 0 Å². The number of nitrogens with zero attached hydrogens (tertiary/aromatic N) is 1. The standard InChI is InChI=1S/C26H34BNO3.C2H6/c1-23(30-18-10-8-16-24-12-4-2-5-13-24)20-27(22-28)21-26(29)31-19-11-9-17-25-14-6-3-7-15-25;1-2/h2-7,12-15,23H,8-11,16-21H2,1H3;1-2H3. The van der Waals surface area contributed by atoms with Crippen LogP contribution in [0.2, 0.25) is 12.6 Å². The second-order valence-electron chi connectivity index (χ2n) is 8.05. The van der Waals surface area contributed by atoms with Gasteiger partial charge in [0.05, 0.1) is 6.61 Å². The minimum Gasteiger partial charge on any atom is -0.466 e. The largest absolute Gasteiger partial charge is 0.466 e. The van der Waals surface area contributed by atoms with Crippen LogP contribution in [0.25, 0.3) is 0 Å². The van der Waals surface area contributed by atoms with Gasteiger partial charge in [-0.3, -0.25) is 4.79 Å². The summed E-state index contributed by atoms with van der Waals surface area (Å²) < 4.78 is 11.2. The highest BCUT2D eigenvalue weighted by Gasteiger charge is 2.22. The van der Waals surface area contributed by atoms with Gasteiger partial charge in [-0.25, -0.2) is 5.26 Å². The van der Waals surface area contributed by atoms with Crippen LogP contribution in [0.5, 0.6) is 0 Å². The molecule has 4 nitrogen and oxygen atoms in total. The van der Waals surface area contributed by atoms with Gasteiger partial charge in [-0.15, -0.1) is 0 Å². The van der Waals surface area contributed by atoms with E-state index in [1.54, 1.807) is 0 Å². The van der Waals surface area contributed by atoms with Gasteiger partial charge in [0, 0.05) is 25.0 Å². The molecule has 0 spiro atoms. The van der Waals surface area contributed by atoms with E-state index in [2.05, 4.69) is 42.4 Å². The summed E-state index contributed by atoms with van der Waals surface area (Å²) in [5.41, 5.74) is 2.64. The van der Waals surface area contributed by atoms with Crippen molar-refractivity contribution in [2.75, 3.05) is 13.2 Å². The fraction of sp³-hybridized carbons (Fsp3) is 0.500. The lowest BCUT2D eigenvalue weighted by atomic mass is 9.45. The van der Waals surface area contributed by atoms with Gasteiger partial charge in [-0.1, -0.05) is 74.5 Å². The first-order valence-corrected chi connectivity index (χ1v) is 12.4. The van der Waals surface area contributed by atoms with Crippen molar-refractivity contribution in [2.24, 2.45) is 0 Å². The van der Waals surface area contributed by atoms with Crippen LogP contribution in [0.15, 0.2) is 60.7 Å². The van der Waals surface area contributed by atoms with E-state index in [4.69, 9.17) is 9.47 Å². The Hall–Kier alpha value is -2.58. The van der Waals surface area contributed by atoms with Gasteiger partial charge in [0.25, 0.3) is 12.7 Å². The van der Waals surface area contributed by atoms with Crippen LogP contribution in [-0.2, 0) is 27.1 Å². The van der Waals surface area contributed by atoms with Crippen molar-refractivity contribution in [3.63, 3.8) is 0 Å². The van der Waals surface area contributed by atoms with Gasteiger partial charge in [0.15, 0.2) is 0 Å². The average molecular weight is 449 g/mol. The highest BCUT2D eigenvalue weighted by atomic mass is 16.5. The van der Waals surface area contributed by atoms with E-state index in [-0.39, 0.29) is 25.1 Å². The van der Waals surface area contributed by atoms with Crippen molar-refractivity contribution in [2.45, 2.75) is 78.0 Å². The number of aryl methyl sites for hydroxylation is 2. The lowest BCUT2D eigenvalue weighted by Crippen LogP contribution is -2.24. The minimum atomic E-state index is -0.365. The molecule has 2 aromatic rings. The topological polar surface area (TPSA) is 59.3 Å². The number of hydrogen-bond acceptors (Lipinski definition) is 4. The SMILES string of the molecule is CC.CC(CB(C#N)CC(=O)OCCCCc1ccccc1)OCCCCc1ccccc1. The molecule has 178 valence electrons.